The summed E-state index contributed by atoms with van der Waals surface area (Å²) in [7, 11) is 0. The number of nitrogens with zero attached hydrogens (tertiary/aromatic N) is 5. The highest BCUT2D eigenvalue weighted by atomic mass is 32.1. The Morgan fingerprint density at radius 3 is 1.43 bits per heavy atom. The molecule has 0 aliphatic heterocycles. The number of thiophene rings is 1. The van der Waals surface area contributed by atoms with Gasteiger partial charge < -0.3 is 9.13 Å². The summed E-state index contributed by atoms with van der Waals surface area (Å²) in [4.78, 5) is 14.2. The zero-order valence-corrected chi connectivity index (χ0v) is 42.4. The molecule has 0 amide bonds. The summed E-state index contributed by atoms with van der Waals surface area (Å²) in [6.45, 7) is 6.33. The van der Waals surface area contributed by atoms with Gasteiger partial charge in [-0.15, -0.1) is 11.3 Å². The van der Waals surface area contributed by atoms with E-state index in [9.17, 15) is 0 Å². The fourth-order valence-corrected chi connectivity index (χ4v) is 12.5. The number of hydrogen-bond acceptors (Lipinski definition) is 4. The molecule has 0 radical (unpaired) electrons. The highest BCUT2D eigenvalue weighted by molar-refractivity contribution is 7.25. The van der Waals surface area contributed by atoms with Gasteiger partial charge in [-0.2, -0.15) is 0 Å². The Labute approximate surface area is 444 Å². The summed E-state index contributed by atoms with van der Waals surface area (Å²) < 4.78 is 7.38. The van der Waals surface area contributed by atoms with Crippen molar-refractivity contribution >= 4 is 86.3 Å². The van der Waals surface area contributed by atoms with E-state index in [1.54, 1.807) is 0 Å². The second kappa shape index (κ2) is 18.6. The van der Waals surface area contributed by atoms with Crippen molar-refractivity contribution in [2.24, 2.45) is 0 Å². The highest BCUT2D eigenvalue weighted by Crippen LogP contribution is 2.44. The van der Waals surface area contributed by atoms with Gasteiger partial charge in [0.05, 0.1) is 39.1 Å². The van der Waals surface area contributed by atoms with Gasteiger partial charge in [0.2, 0.25) is 0 Å². The molecule has 8 aromatic carbocycles. The predicted molar refractivity (Wildman–Crippen MR) is 321 cm³/mol. The second-order valence-electron chi connectivity index (χ2n) is 19.1. The molecule has 0 N–H and O–H groups in total. The molecule has 0 saturated heterocycles. The largest absolute Gasteiger partial charge is 0.309 e. The maximum Gasteiger partial charge on any atom is 0.0708 e. The molecule has 0 bridgehead atoms. The van der Waals surface area contributed by atoms with Crippen LogP contribution < -0.4 is 0 Å². The Morgan fingerprint density at radius 2 is 0.895 bits per heavy atom. The molecule has 0 aliphatic carbocycles. The van der Waals surface area contributed by atoms with E-state index in [4.69, 9.17) is 15.0 Å². The van der Waals surface area contributed by atoms with E-state index in [0.29, 0.717) is 0 Å². The Hall–Kier alpha value is -9.75. The fraction of sp³-hybridized carbons (Fsp3) is 0.0143. The number of aromatic nitrogens is 5. The summed E-state index contributed by atoms with van der Waals surface area (Å²) in [6.07, 6.45) is 11.8. The lowest BCUT2D eigenvalue weighted by molar-refractivity contribution is 1.18. The normalized spacial score (nSPS) is 12.2. The van der Waals surface area contributed by atoms with Crippen molar-refractivity contribution in [3.8, 4) is 56.1 Å². The number of fused-ring (bicyclic) bond motifs is 9. The van der Waals surface area contributed by atoms with Gasteiger partial charge >= 0.3 is 0 Å². The molecule has 6 aromatic heterocycles. The average Bonchev–Trinajstić information content (AvgIpc) is 4.25. The van der Waals surface area contributed by atoms with E-state index in [-0.39, 0.29) is 0 Å². The van der Waals surface area contributed by atoms with Crippen LogP contribution in [0.5, 0.6) is 0 Å². The molecule has 6 heteroatoms. The maximum atomic E-state index is 4.77. The molecule has 76 heavy (non-hydrogen) atoms. The number of hydrogen-bond donors (Lipinski definition) is 0. The second-order valence-corrected chi connectivity index (χ2v) is 20.2. The maximum absolute atomic E-state index is 4.77. The monoisotopic (exact) mass is 989 g/mol. The molecule has 14 aromatic rings. The lowest BCUT2D eigenvalue weighted by atomic mass is 9.94. The number of benzene rings is 8. The minimum Gasteiger partial charge on any atom is -0.309 e. The fourth-order valence-electron chi connectivity index (χ4n) is 11.4. The zero-order valence-electron chi connectivity index (χ0n) is 41.6. The molecule has 358 valence electrons. The number of pyridine rings is 3. The van der Waals surface area contributed by atoms with Gasteiger partial charge in [-0.25, -0.2) is 0 Å². The van der Waals surface area contributed by atoms with Gasteiger partial charge in [-0.05, 0) is 156 Å². The SMILES string of the molecule is C=C/C(=C(\C=C/C)c1ccc2c(c1)c1cc(-c3ccccc3-c3ccccn3)ccc1n2-c1ccc2sc3ccc(-n4c5ccccc5c5cc(-c6ccccc6-c6ccccn6)ccc54)cc3c2c1)c1ccccn1. The first-order valence-electron chi connectivity index (χ1n) is 25.6. The van der Waals surface area contributed by atoms with Crippen molar-refractivity contribution in [1.29, 1.82) is 0 Å². The molecule has 6 heterocycles. The summed E-state index contributed by atoms with van der Waals surface area (Å²) in [6, 6.07) is 78.9. The third kappa shape index (κ3) is 7.49. The molecular weight excluding hydrogens is 943 g/mol. The van der Waals surface area contributed by atoms with Crippen LogP contribution in [0.15, 0.2) is 262 Å². The van der Waals surface area contributed by atoms with Crippen molar-refractivity contribution in [2.75, 3.05) is 0 Å². The molecule has 0 fully saturated rings. The van der Waals surface area contributed by atoms with E-state index in [1.807, 2.05) is 66.3 Å². The Morgan fingerprint density at radius 1 is 0.408 bits per heavy atom. The third-order valence-corrected chi connectivity index (χ3v) is 16.0. The first kappa shape index (κ1) is 44.9. The number of para-hydroxylation sites is 1. The van der Waals surface area contributed by atoms with Crippen molar-refractivity contribution in [3.05, 3.63) is 273 Å². The van der Waals surface area contributed by atoms with Gasteiger partial charge in [0, 0.05) is 88.4 Å². The molecule has 14 rings (SSSR count). The lowest BCUT2D eigenvalue weighted by Crippen LogP contribution is -1.95. The molecule has 0 spiro atoms. The first-order chi connectivity index (χ1) is 37.6. The third-order valence-electron chi connectivity index (χ3n) is 14.8. The van der Waals surface area contributed by atoms with Crippen molar-refractivity contribution in [3.63, 3.8) is 0 Å². The number of rotatable bonds is 10. The lowest BCUT2D eigenvalue weighted by Gasteiger charge is -2.12. The summed E-state index contributed by atoms with van der Waals surface area (Å²) >= 11 is 1.85. The average molecular weight is 990 g/mol. The zero-order chi connectivity index (χ0) is 50.7. The van der Waals surface area contributed by atoms with Crippen LogP contribution in [-0.2, 0) is 0 Å². The molecule has 0 unspecified atom stereocenters. The standard InChI is InChI=1S/C70H47N5S/c1-3-17-51(50(4-2)62-23-11-14-37-71-62)45-27-33-67-58(41-45)59-42-47(53-19-6-8-21-55(53)64-25-13-16-39-73-64)29-34-68(59)75(67)49-31-36-70-61(44-49)60-43-48(30-35-69(60)76-70)74-65-26-10-9-22-56(65)57-40-46(28-32-66(57)74)52-18-5-7-20-54(52)63-24-12-15-38-72-63/h3-44H,2H2,1H3/b17-3-,51-50-. The van der Waals surface area contributed by atoms with Gasteiger partial charge in [-0.1, -0.05) is 128 Å². The van der Waals surface area contributed by atoms with E-state index < -0.39 is 0 Å². The van der Waals surface area contributed by atoms with Crippen LogP contribution in [0.2, 0.25) is 0 Å². The first-order valence-corrected chi connectivity index (χ1v) is 26.4. The van der Waals surface area contributed by atoms with Crippen LogP contribution in [0.1, 0.15) is 18.2 Å². The van der Waals surface area contributed by atoms with E-state index in [2.05, 4.69) is 223 Å². The van der Waals surface area contributed by atoms with E-state index >= 15 is 0 Å². The van der Waals surface area contributed by atoms with E-state index in [0.717, 1.165) is 100 Å². The minimum atomic E-state index is 0.881. The Balaban J connectivity index is 0.945. The van der Waals surface area contributed by atoms with Crippen LogP contribution in [0.3, 0.4) is 0 Å². The molecular formula is C70H47N5S. The van der Waals surface area contributed by atoms with Crippen molar-refractivity contribution in [2.45, 2.75) is 6.92 Å². The van der Waals surface area contributed by atoms with Crippen LogP contribution in [0, 0.1) is 0 Å². The van der Waals surface area contributed by atoms with Crippen LogP contribution in [0.4, 0.5) is 0 Å². The van der Waals surface area contributed by atoms with Crippen LogP contribution in [-0.4, -0.2) is 24.1 Å². The predicted octanol–water partition coefficient (Wildman–Crippen LogP) is 18.8. The summed E-state index contributed by atoms with van der Waals surface area (Å²) in [5, 5.41) is 7.21. The van der Waals surface area contributed by atoms with Crippen molar-refractivity contribution in [1.82, 2.24) is 24.1 Å². The van der Waals surface area contributed by atoms with Gasteiger partial charge in [0.25, 0.3) is 0 Å². The Kier molecular flexibility index (Phi) is 11.0. The van der Waals surface area contributed by atoms with Crippen molar-refractivity contribution < 1.29 is 0 Å². The number of allylic oxidation sites excluding steroid dienone is 5. The minimum absolute atomic E-state index is 0.881. The van der Waals surface area contributed by atoms with E-state index in [1.165, 1.54) is 42.0 Å². The smallest absolute Gasteiger partial charge is 0.0708 e. The van der Waals surface area contributed by atoms with Gasteiger partial charge in [-0.3, -0.25) is 15.0 Å². The van der Waals surface area contributed by atoms with Crippen LogP contribution >= 0.6 is 11.3 Å². The summed E-state index contributed by atoms with van der Waals surface area (Å²) in [5.74, 6) is 0. The molecule has 5 nitrogen and oxygen atoms in total. The molecule has 0 aliphatic rings. The quantitative estimate of drug-likeness (QED) is 0.128. The van der Waals surface area contributed by atoms with Gasteiger partial charge in [0.1, 0.15) is 0 Å². The molecule has 0 atom stereocenters. The highest BCUT2D eigenvalue weighted by Gasteiger charge is 2.20. The Bertz CT molecular complexity index is 4650. The topological polar surface area (TPSA) is 48.5 Å². The van der Waals surface area contributed by atoms with Crippen LogP contribution in [0.25, 0.3) is 131 Å². The molecule has 0 saturated carbocycles. The summed E-state index contributed by atoms with van der Waals surface area (Å²) in [5.41, 5.74) is 19.5. The van der Waals surface area contributed by atoms with Gasteiger partial charge in [0.15, 0.2) is 0 Å².